The van der Waals surface area contributed by atoms with Gasteiger partial charge in [-0.3, -0.25) is 14.4 Å². The number of hydrogen-bond donors (Lipinski definition) is 2. The summed E-state index contributed by atoms with van der Waals surface area (Å²) in [5.41, 5.74) is 1.50. The average molecular weight is 430 g/mol. The number of thiophene rings is 1. The highest BCUT2D eigenvalue weighted by Crippen LogP contribution is 2.27. The molecule has 3 aromatic rings. The van der Waals surface area contributed by atoms with Gasteiger partial charge < -0.3 is 15.4 Å². The zero-order valence-electron chi connectivity index (χ0n) is 15.6. The van der Waals surface area contributed by atoms with Gasteiger partial charge >= 0.3 is 5.97 Å². The van der Waals surface area contributed by atoms with Crippen LogP contribution in [0.3, 0.4) is 0 Å². The lowest BCUT2D eigenvalue weighted by atomic mass is 10.2. The molecule has 29 heavy (non-hydrogen) atoms. The summed E-state index contributed by atoms with van der Waals surface area (Å²) >= 11 is 3.04. The van der Waals surface area contributed by atoms with Crippen molar-refractivity contribution in [2.75, 3.05) is 18.5 Å². The third-order valence-electron chi connectivity index (χ3n) is 3.72. The predicted octanol–water partition coefficient (Wildman–Crippen LogP) is 3.35. The van der Waals surface area contributed by atoms with Crippen LogP contribution in [0.1, 0.15) is 23.0 Å². The lowest BCUT2D eigenvalue weighted by Crippen LogP contribution is -2.24. The molecule has 0 spiro atoms. The molecular weight excluding hydrogens is 410 g/mol. The predicted molar refractivity (Wildman–Crippen MR) is 113 cm³/mol. The molecule has 0 bridgehead atoms. The van der Waals surface area contributed by atoms with Crippen molar-refractivity contribution in [1.29, 1.82) is 0 Å². The van der Waals surface area contributed by atoms with Crippen molar-refractivity contribution in [2.24, 2.45) is 0 Å². The van der Waals surface area contributed by atoms with Crippen molar-refractivity contribution in [3.05, 3.63) is 58.4 Å². The van der Waals surface area contributed by atoms with E-state index in [2.05, 4.69) is 15.6 Å². The van der Waals surface area contributed by atoms with E-state index < -0.39 is 18.5 Å². The van der Waals surface area contributed by atoms with E-state index in [0.29, 0.717) is 23.5 Å². The molecule has 0 unspecified atom stereocenters. The first-order valence-electron chi connectivity index (χ1n) is 8.87. The SMILES string of the molecule is CCNC(=O)c1cccc(NC(=O)COC(=O)Cc2csc(-c3cccs3)n2)c1. The summed E-state index contributed by atoms with van der Waals surface area (Å²) in [5, 5.41) is 9.93. The second kappa shape index (κ2) is 9.94. The van der Waals surface area contributed by atoms with Crippen molar-refractivity contribution in [3.63, 3.8) is 0 Å². The summed E-state index contributed by atoms with van der Waals surface area (Å²) in [7, 11) is 0. The molecule has 0 aliphatic heterocycles. The van der Waals surface area contributed by atoms with Crippen LogP contribution in [0.4, 0.5) is 5.69 Å². The number of aromatic nitrogens is 1. The maximum absolute atomic E-state index is 12.0. The van der Waals surface area contributed by atoms with Crippen LogP contribution >= 0.6 is 22.7 Å². The van der Waals surface area contributed by atoms with Crippen molar-refractivity contribution < 1.29 is 19.1 Å². The number of carbonyl (C=O) groups is 3. The molecule has 7 nitrogen and oxygen atoms in total. The molecule has 0 saturated heterocycles. The molecule has 2 heterocycles. The Bertz CT molecular complexity index is 999. The van der Waals surface area contributed by atoms with Gasteiger partial charge in [0, 0.05) is 23.2 Å². The molecule has 9 heteroatoms. The number of ether oxygens (including phenoxy) is 1. The van der Waals surface area contributed by atoms with Gasteiger partial charge in [0.05, 0.1) is 17.0 Å². The van der Waals surface area contributed by atoms with E-state index >= 15 is 0 Å². The van der Waals surface area contributed by atoms with E-state index in [-0.39, 0.29) is 12.3 Å². The number of esters is 1. The van der Waals surface area contributed by atoms with Gasteiger partial charge in [0.25, 0.3) is 11.8 Å². The van der Waals surface area contributed by atoms with Crippen LogP contribution in [0, 0.1) is 0 Å². The molecular formula is C20H19N3O4S2. The Balaban J connectivity index is 1.47. The topological polar surface area (TPSA) is 97.4 Å². The molecule has 0 atom stereocenters. The van der Waals surface area contributed by atoms with Gasteiger partial charge in [-0.2, -0.15) is 0 Å². The number of amides is 2. The zero-order valence-corrected chi connectivity index (χ0v) is 17.3. The first-order chi connectivity index (χ1) is 14.0. The zero-order chi connectivity index (χ0) is 20.6. The van der Waals surface area contributed by atoms with Gasteiger partial charge in [-0.15, -0.1) is 22.7 Å². The third kappa shape index (κ3) is 5.97. The number of thiazole rings is 1. The minimum atomic E-state index is -0.528. The fourth-order valence-electron chi connectivity index (χ4n) is 2.44. The molecule has 150 valence electrons. The van der Waals surface area contributed by atoms with Gasteiger partial charge in [-0.05, 0) is 36.6 Å². The molecule has 0 aliphatic rings. The van der Waals surface area contributed by atoms with E-state index in [1.165, 1.54) is 11.3 Å². The molecule has 2 amide bonds. The highest BCUT2D eigenvalue weighted by Gasteiger charge is 2.13. The largest absolute Gasteiger partial charge is 0.455 e. The molecule has 0 fully saturated rings. The summed E-state index contributed by atoms with van der Waals surface area (Å²) in [6.45, 7) is 1.93. The van der Waals surface area contributed by atoms with E-state index in [1.54, 1.807) is 35.6 Å². The number of hydrogen-bond acceptors (Lipinski definition) is 7. The minimum absolute atomic E-state index is 0.00181. The van der Waals surface area contributed by atoms with Gasteiger partial charge in [0.2, 0.25) is 0 Å². The second-order valence-corrected chi connectivity index (χ2v) is 7.75. The van der Waals surface area contributed by atoms with Crippen LogP contribution < -0.4 is 10.6 Å². The number of nitrogens with one attached hydrogen (secondary N) is 2. The van der Waals surface area contributed by atoms with Gasteiger partial charge in [0.1, 0.15) is 5.01 Å². The molecule has 1 aromatic carbocycles. The van der Waals surface area contributed by atoms with E-state index in [1.807, 2.05) is 29.8 Å². The second-order valence-electron chi connectivity index (χ2n) is 5.95. The smallest absolute Gasteiger partial charge is 0.312 e. The maximum atomic E-state index is 12.0. The first kappa shape index (κ1) is 20.7. The number of anilines is 1. The standard InChI is InChI=1S/C20H19N3O4S2/c1-2-21-19(26)13-5-3-6-14(9-13)22-17(24)11-27-18(25)10-15-12-29-20(23-15)16-7-4-8-28-16/h3-9,12H,2,10-11H2,1H3,(H,21,26)(H,22,24). The Labute approximate surface area is 175 Å². The van der Waals surface area contributed by atoms with Crippen LogP contribution in [-0.4, -0.2) is 35.9 Å². The van der Waals surface area contributed by atoms with Crippen LogP contribution in [-0.2, 0) is 20.7 Å². The van der Waals surface area contributed by atoms with E-state index in [9.17, 15) is 14.4 Å². The maximum Gasteiger partial charge on any atom is 0.312 e. The van der Waals surface area contributed by atoms with Crippen LogP contribution in [0.15, 0.2) is 47.2 Å². The summed E-state index contributed by atoms with van der Waals surface area (Å²) in [6, 6.07) is 10.4. The van der Waals surface area contributed by atoms with Crippen LogP contribution in [0.2, 0.25) is 0 Å². The summed E-state index contributed by atoms with van der Waals surface area (Å²) in [6.07, 6.45) is 0.00181. The Morgan fingerprint density at radius 1 is 1.14 bits per heavy atom. The Hall–Kier alpha value is -3.04. The van der Waals surface area contributed by atoms with Crippen molar-refractivity contribution in [1.82, 2.24) is 10.3 Å². The highest BCUT2D eigenvalue weighted by molar-refractivity contribution is 7.20. The third-order valence-corrected chi connectivity index (χ3v) is 5.65. The average Bonchev–Trinajstić information content (AvgIpc) is 3.38. The Morgan fingerprint density at radius 3 is 2.76 bits per heavy atom. The molecule has 3 rings (SSSR count). The van der Waals surface area contributed by atoms with Gasteiger partial charge in [-0.25, -0.2) is 4.98 Å². The number of nitrogens with zero attached hydrogens (tertiary/aromatic N) is 1. The quantitative estimate of drug-likeness (QED) is 0.535. The molecule has 0 aliphatic carbocycles. The van der Waals surface area contributed by atoms with Gasteiger partial charge in [0.15, 0.2) is 6.61 Å². The lowest BCUT2D eigenvalue weighted by molar-refractivity contribution is -0.146. The minimum Gasteiger partial charge on any atom is -0.455 e. The number of carbonyl (C=O) groups excluding carboxylic acids is 3. The van der Waals surface area contributed by atoms with Crippen molar-refractivity contribution >= 4 is 46.1 Å². The summed E-state index contributed by atoms with van der Waals surface area (Å²) < 4.78 is 5.03. The molecule has 0 saturated carbocycles. The lowest BCUT2D eigenvalue weighted by Gasteiger charge is -2.08. The van der Waals surface area contributed by atoms with Crippen LogP contribution in [0.25, 0.3) is 9.88 Å². The fourth-order valence-corrected chi connectivity index (χ4v) is 4.08. The van der Waals surface area contributed by atoms with Crippen molar-refractivity contribution in [3.8, 4) is 9.88 Å². The monoisotopic (exact) mass is 429 g/mol. The highest BCUT2D eigenvalue weighted by atomic mass is 32.1. The van der Waals surface area contributed by atoms with E-state index in [0.717, 1.165) is 9.88 Å². The normalized spacial score (nSPS) is 10.4. The number of benzene rings is 1. The molecule has 2 aromatic heterocycles. The summed E-state index contributed by atoms with van der Waals surface area (Å²) in [4.78, 5) is 41.3. The van der Waals surface area contributed by atoms with Gasteiger partial charge in [-0.1, -0.05) is 12.1 Å². The molecule has 0 radical (unpaired) electrons. The van der Waals surface area contributed by atoms with Crippen molar-refractivity contribution in [2.45, 2.75) is 13.3 Å². The van der Waals surface area contributed by atoms with Crippen LogP contribution in [0.5, 0.6) is 0 Å². The number of rotatable bonds is 8. The summed E-state index contributed by atoms with van der Waals surface area (Å²) in [5.74, 6) is -1.23. The van der Waals surface area contributed by atoms with E-state index in [4.69, 9.17) is 4.74 Å². The molecule has 2 N–H and O–H groups in total. The first-order valence-corrected chi connectivity index (χ1v) is 10.6. The fraction of sp³-hybridized carbons (Fsp3) is 0.200. The Kier molecular flexibility index (Phi) is 7.09. The Morgan fingerprint density at radius 2 is 2.00 bits per heavy atom.